The largest absolute Gasteiger partial charge is 0.465 e. The maximum atomic E-state index is 10.8. The van der Waals surface area contributed by atoms with Crippen LogP contribution in [-0.4, -0.2) is 31.3 Å². The van der Waals surface area contributed by atoms with Gasteiger partial charge in [-0.2, -0.15) is 0 Å². The fourth-order valence-corrected chi connectivity index (χ4v) is 2.24. The van der Waals surface area contributed by atoms with Crippen molar-refractivity contribution in [3.63, 3.8) is 0 Å². The van der Waals surface area contributed by atoms with Crippen molar-refractivity contribution in [2.45, 2.75) is 18.8 Å². The van der Waals surface area contributed by atoms with Gasteiger partial charge in [-0.05, 0) is 49.5 Å². The van der Waals surface area contributed by atoms with Crippen LogP contribution in [0, 0.1) is 0 Å². The Hall–Kier alpha value is -1.55. The van der Waals surface area contributed by atoms with Crippen molar-refractivity contribution in [3.05, 3.63) is 29.8 Å². The van der Waals surface area contributed by atoms with Gasteiger partial charge in [0, 0.05) is 12.7 Å². The molecule has 4 heteroatoms. The van der Waals surface area contributed by atoms with Crippen molar-refractivity contribution < 1.29 is 9.90 Å². The first-order chi connectivity index (χ1) is 8.18. The second-order valence-electron chi connectivity index (χ2n) is 4.46. The Kier molecular flexibility index (Phi) is 3.64. The lowest BCUT2D eigenvalue weighted by Crippen LogP contribution is -2.26. The summed E-state index contributed by atoms with van der Waals surface area (Å²) in [6.45, 7) is 2.14. The molecule has 1 aromatic rings. The van der Waals surface area contributed by atoms with Crippen molar-refractivity contribution in [1.29, 1.82) is 0 Å². The van der Waals surface area contributed by atoms with Gasteiger partial charge >= 0.3 is 6.09 Å². The lowest BCUT2D eigenvalue weighted by atomic mass is 9.90. The molecule has 17 heavy (non-hydrogen) atoms. The number of amides is 1. The van der Waals surface area contributed by atoms with Gasteiger partial charge in [-0.1, -0.05) is 12.1 Å². The van der Waals surface area contributed by atoms with Gasteiger partial charge in [-0.25, -0.2) is 4.79 Å². The van der Waals surface area contributed by atoms with Gasteiger partial charge in [0.2, 0.25) is 0 Å². The van der Waals surface area contributed by atoms with Crippen molar-refractivity contribution in [1.82, 2.24) is 5.32 Å². The second-order valence-corrected chi connectivity index (χ2v) is 4.46. The minimum absolute atomic E-state index is 0.612. The Bertz CT molecular complexity index is 383. The first-order valence-corrected chi connectivity index (χ1v) is 5.96. The van der Waals surface area contributed by atoms with Gasteiger partial charge in [-0.15, -0.1) is 0 Å². The molecule has 0 radical (unpaired) electrons. The molecular formula is C13H18N2O2. The molecule has 1 amide bonds. The molecule has 2 N–H and O–H groups in total. The van der Waals surface area contributed by atoms with Crippen LogP contribution in [0.25, 0.3) is 0 Å². The van der Waals surface area contributed by atoms with E-state index in [1.807, 2.05) is 24.3 Å². The fraction of sp³-hybridized carbons (Fsp3) is 0.462. The zero-order valence-corrected chi connectivity index (χ0v) is 10.0. The van der Waals surface area contributed by atoms with Gasteiger partial charge in [0.1, 0.15) is 0 Å². The average Bonchev–Trinajstić information content (AvgIpc) is 2.39. The van der Waals surface area contributed by atoms with E-state index in [1.165, 1.54) is 10.5 Å². The molecule has 4 nitrogen and oxygen atoms in total. The summed E-state index contributed by atoms with van der Waals surface area (Å²) in [6.07, 6.45) is 1.39. The molecule has 0 unspecified atom stereocenters. The number of carboxylic acid groups (broad SMARTS) is 1. The first-order valence-electron chi connectivity index (χ1n) is 5.96. The van der Waals surface area contributed by atoms with E-state index in [4.69, 9.17) is 5.11 Å². The van der Waals surface area contributed by atoms with Crippen molar-refractivity contribution in [2.24, 2.45) is 0 Å². The van der Waals surface area contributed by atoms with Crippen molar-refractivity contribution in [3.8, 4) is 0 Å². The SMILES string of the molecule is CN(C(=O)O)c1ccc(C2CCNCC2)cc1. The number of piperidine rings is 1. The minimum Gasteiger partial charge on any atom is -0.465 e. The molecule has 0 bridgehead atoms. The van der Waals surface area contributed by atoms with E-state index in [2.05, 4.69) is 5.32 Å². The number of nitrogens with one attached hydrogen (secondary N) is 1. The lowest BCUT2D eigenvalue weighted by molar-refractivity contribution is 0.203. The highest BCUT2D eigenvalue weighted by Crippen LogP contribution is 2.26. The highest BCUT2D eigenvalue weighted by atomic mass is 16.4. The summed E-state index contributed by atoms with van der Waals surface area (Å²) in [5, 5.41) is 12.2. The van der Waals surface area contributed by atoms with Crippen LogP contribution in [0.5, 0.6) is 0 Å². The lowest BCUT2D eigenvalue weighted by Gasteiger charge is -2.23. The molecule has 0 atom stereocenters. The molecule has 0 aliphatic carbocycles. The molecule has 1 fully saturated rings. The molecular weight excluding hydrogens is 216 g/mol. The normalized spacial score (nSPS) is 16.8. The summed E-state index contributed by atoms with van der Waals surface area (Å²) in [5.41, 5.74) is 2.03. The number of rotatable bonds is 2. The zero-order chi connectivity index (χ0) is 12.3. The first kappa shape index (κ1) is 11.9. The molecule has 92 valence electrons. The van der Waals surface area contributed by atoms with E-state index in [0.717, 1.165) is 31.6 Å². The Balaban J connectivity index is 2.09. The van der Waals surface area contributed by atoms with Crippen LogP contribution >= 0.6 is 0 Å². The zero-order valence-electron chi connectivity index (χ0n) is 10.0. The van der Waals surface area contributed by atoms with Gasteiger partial charge < -0.3 is 10.4 Å². The van der Waals surface area contributed by atoms with Crippen molar-refractivity contribution >= 4 is 11.8 Å². The third-order valence-electron chi connectivity index (χ3n) is 3.38. The van der Waals surface area contributed by atoms with Crippen LogP contribution in [0.15, 0.2) is 24.3 Å². The van der Waals surface area contributed by atoms with Crippen LogP contribution in [-0.2, 0) is 0 Å². The Morgan fingerprint density at radius 1 is 1.29 bits per heavy atom. The number of benzene rings is 1. The molecule has 1 aliphatic heterocycles. The minimum atomic E-state index is -0.931. The summed E-state index contributed by atoms with van der Waals surface area (Å²) in [6, 6.07) is 7.85. The van der Waals surface area contributed by atoms with E-state index in [1.54, 1.807) is 7.05 Å². The predicted octanol–water partition coefficient (Wildman–Crippen LogP) is 2.27. The molecule has 1 saturated heterocycles. The van der Waals surface area contributed by atoms with Crippen LogP contribution in [0.4, 0.5) is 10.5 Å². The van der Waals surface area contributed by atoms with E-state index >= 15 is 0 Å². The van der Waals surface area contributed by atoms with Crippen LogP contribution < -0.4 is 10.2 Å². The quantitative estimate of drug-likeness (QED) is 0.825. The van der Waals surface area contributed by atoms with Crippen LogP contribution in [0.1, 0.15) is 24.3 Å². The number of nitrogens with zero attached hydrogens (tertiary/aromatic N) is 1. The highest BCUT2D eigenvalue weighted by Gasteiger charge is 2.15. The number of hydrogen-bond donors (Lipinski definition) is 2. The fourth-order valence-electron chi connectivity index (χ4n) is 2.24. The van der Waals surface area contributed by atoms with Gasteiger partial charge in [0.15, 0.2) is 0 Å². The third kappa shape index (κ3) is 2.77. The van der Waals surface area contributed by atoms with E-state index in [-0.39, 0.29) is 0 Å². The van der Waals surface area contributed by atoms with Gasteiger partial charge in [0.05, 0.1) is 0 Å². The van der Waals surface area contributed by atoms with E-state index in [9.17, 15) is 4.79 Å². The van der Waals surface area contributed by atoms with E-state index < -0.39 is 6.09 Å². The number of carbonyl (C=O) groups is 1. The van der Waals surface area contributed by atoms with Crippen molar-refractivity contribution in [2.75, 3.05) is 25.0 Å². The number of hydrogen-bond acceptors (Lipinski definition) is 2. The number of anilines is 1. The molecule has 1 aliphatic rings. The molecule has 1 heterocycles. The molecule has 1 aromatic carbocycles. The highest BCUT2D eigenvalue weighted by molar-refractivity contribution is 5.85. The summed E-state index contributed by atoms with van der Waals surface area (Å²) >= 11 is 0. The third-order valence-corrected chi connectivity index (χ3v) is 3.38. The summed E-state index contributed by atoms with van der Waals surface area (Å²) < 4.78 is 0. The van der Waals surface area contributed by atoms with Crippen LogP contribution in [0.3, 0.4) is 0 Å². The standard InChI is InChI=1S/C13H18N2O2/c1-15(13(16)17)12-4-2-10(3-5-12)11-6-8-14-9-7-11/h2-5,11,14H,6-9H2,1H3,(H,16,17). The smallest absolute Gasteiger partial charge is 0.411 e. The topological polar surface area (TPSA) is 52.6 Å². The monoisotopic (exact) mass is 234 g/mol. The molecule has 0 aromatic heterocycles. The van der Waals surface area contributed by atoms with Gasteiger partial charge in [0.25, 0.3) is 0 Å². The summed E-state index contributed by atoms with van der Waals surface area (Å²) in [5.74, 6) is 0.612. The van der Waals surface area contributed by atoms with Gasteiger partial charge in [-0.3, -0.25) is 4.90 Å². The van der Waals surface area contributed by atoms with E-state index in [0.29, 0.717) is 5.92 Å². The maximum Gasteiger partial charge on any atom is 0.411 e. The summed E-state index contributed by atoms with van der Waals surface area (Å²) in [7, 11) is 1.56. The Morgan fingerprint density at radius 3 is 2.41 bits per heavy atom. The Labute approximate surface area is 101 Å². The predicted molar refractivity (Wildman–Crippen MR) is 67.7 cm³/mol. The molecule has 0 saturated carbocycles. The molecule has 0 spiro atoms. The summed E-state index contributed by atoms with van der Waals surface area (Å²) in [4.78, 5) is 12.0. The average molecular weight is 234 g/mol. The maximum absolute atomic E-state index is 10.8. The Morgan fingerprint density at radius 2 is 1.88 bits per heavy atom. The second kappa shape index (κ2) is 5.19. The molecule has 2 rings (SSSR count). The van der Waals surface area contributed by atoms with Crippen LogP contribution in [0.2, 0.25) is 0 Å².